The predicted molar refractivity (Wildman–Crippen MR) is 144 cm³/mol. The highest BCUT2D eigenvalue weighted by atomic mass is 16.5. The Morgan fingerprint density at radius 1 is 1.06 bits per heavy atom. The monoisotopic (exact) mass is 492 g/mol. The van der Waals surface area contributed by atoms with E-state index >= 15 is 0 Å². The van der Waals surface area contributed by atoms with Gasteiger partial charge in [0.2, 0.25) is 0 Å². The molecule has 1 atom stereocenters. The first-order valence-electron chi connectivity index (χ1n) is 12.7. The largest absolute Gasteiger partial charge is 0.507 e. The molecule has 0 aliphatic carbocycles. The lowest BCUT2D eigenvalue weighted by molar-refractivity contribution is -0.140. The van der Waals surface area contributed by atoms with Crippen molar-refractivity contribution in [3.05, 3.63) is 69.8 Å². The molecule has 1 heterocycles. The molecular weight excluding hydrogens is 452 g/mol. The van der Waals surface area contributed by atoms with Crippen LogP contribution in [0.25, 0.3) is 5.76 Å². The number of hydrogen-bond acceptors (Lipinski definition) is 5. The van der Waals surface area contributed by atoms with Crippen LogP contribution in [-0.2, 0) is 15.0 Å². The van der Waals surface area contributed by atoms with Crippen LogP contribution in [0, 0.1) is 13.8 Å². The Labute approximate surface area is 215 Å². The number of aliphatic hydroxyl groups is 1. The van der Waals surface area contributed by atoms with Crippen LogP contribution < -0.4 is 4.74 Å². The molecule has 3 rings (SSSR count). The van der Waals surface area contributed by atoms with E-state index < -0.39 is 17.7 Å². The zero-order valence-electron chi connectivity index (χ0n) is 22.9. The second-order valence-corrected chi connectivity index (χ2v) is 10.6. The van der Waals surface area contributed by atoms with E-state index in [1.54, 1.807) is 18.1 Å². The molecule has 1 aliphatic heterocycles. The molecule has 6 heteroatoms. The lowest BCUT2D eigenvalue weighted by atomic mass is 9.85. The molecule has 0 bridgehead atoms. The second kappa shape index (κ2) is 10.9. The average Bonchev–Trinajstić information content (AvgIpc) is 3.08. The lowest BCUT2D eigenvalue weighted by Gasteiger charge is -2.29. The van der Waals surface area contributed by atoms with Gasteiger partial charge in [0.25, 0.3) is 11.7 Å². The third-order valence-corrected chi connectivity index (χ3v) is 7.06. The number of methoxy groups -OCH3 is 1. The van der Waals surface area contributed by atoms with Crippen molar-refractivity contribution in [2.75, 3.05) is 33.3 Å². The number of nitrogens with zero attached hydrogens (tertiary/aromatic N) is 2. The number of hydrogen-bond donors (Lipinski definition) is 1. The third-order valence-electron chi connectivity index (χ3n) is 7.06. The van der Waals surface area contributed by atoms with Gasteiger partial charge in [-0.2, -0.15) is 0 Å². The number of likely N-dealkylation sites (tertiary alicyclic amines) is 1. The Morgan fingerprint density at radius 2 is 1.67 bits per heavy atom. The number of amides is 1. The molecule has 0 spiro atoms. The van der Waals surface area contributed by atoms with E-state index in [2.05, 4.69) is 39.5 Å². The minimum Gasteiger partial charge on any atom is -0.507 e. The van der Waals surface area contributed by atoms with Crippen LogP contribution in [0.3, 0.4) is 0 Å². The highest BCUT2D eigenvalue weighted by Gasteiger charge is 2.46. The molecule has 1 N–H and O–H groups in total. The molecule has 1 fully saturated rings. The molecule has 0 radical (unpaired) electrons. The minimum atomic E-state index is -0.680. The Kier molecular flexibility index (Phi) is 8.29. The molecule has 0 aromatic heterocycles. The normalized spacial score (nSPS) is 17.8. The predicted octanol–water partition coefficient (Wildman–Crippen LogP) is 5.37. The van der Waals surface area contributed by atoms with E-state index in [1.165, 1.54) is 0 Å². The first-order valence-corrected chi connectivity index (χ1v) is 12.7. The zero-order valence-corrected chi connectivity index (χ0v) is 22.9. The minimum absolute atomic E-state index is 0.0322. The molecule has 2 aromatic rings. The van der Waals surface area contributed by atoms with E-state index in [0.717, 1.165) is 35.3 Å². The SMILES string of the molecule is CCN(CC)CCN1C(=O)C(=O)/C(=C(/O)c2cc(C)cc(C)c2OC)C1c1ccc(C(C)(C)C)cc1. The molecule has 6 nitrogen and oxygen atoms in total. The number of ether oxygens (including phenoxy) is 1. The molecule has 36 heavy (non-hydrogen) atoms. The van der Waals surface area contributed by atoms with Gasteiger partial charge in [0.1, 0.15) is 11.5 Å². The maximum absolute atomic E-state index is 13.4. The van der Waals surface area contributed by atoms with Crippen molar-refractivity contribution in [2.24, 2.45) is 0 Å². The summed E-state index contributed by atoms with van der Waals surface area (Å²) in [6.45, 7) is 17.1. The number of rotatable bonds is 8. The first-order chi connectivity index (χ1) is 16.9. The summed E-state index contributed by atoms with van der Waals surface area (Å²) in [5.74, 6) is -0.961. The van der Waals surface area contributed by atoms with Crippen molar-refractivity contribution in [3.8, 4) is 5.75 Å². The molecule has 2 aromatic carbocycles. The van der Waals surface area contributed by atoms with Gasteiger partial charge in [-0.1, -0.05) is 65.0 Å². The second-order valence-electron chi connectivity index (χ2n) is 10.6. The lowest BCUT2D eigenvalue weighted by Crippen LogP contribution is -2.38. The average molecular weight is 493 g/mol. The molecule has 1 amide bonds. The van der Waals surface area contributed by atoms with Gasteiger partial charge in [0.15, 0.2) is 0 Å². The summed E-state index contributed by atoms with van der Waals surface area (Å²) in [5, 5.41) is 11.6. The van der Waals surface area contributed by atoms with E-state index in [9.17, 15) is 14.7 Å². The van der Waals surface area contributed by atoms with Crippen molar-refractivity contribution in [3.63, 3.8) is 0 Å². The van der Waals surface area contributed by atoms with Crippen molar-refractivity contribution in [1.29, 1.82) is 0 Å². The summed E-state index contributed by atoms with van der Waals surface area (Å²) in [6.07, 6.45) is 0. The van der Waals surface area contributed by atoms with Crippen LogP contribution in [-0.4, -0.2) is 59.9 Å². The number of aliphatic hydroxyl groups excluding tert-OH is 1. The number of benzene rings is 2. The van der Waals surface area contributed by atoms with E-state index in [0.29, 0.717) is 24.4 Å². The number of carbonyl (C=O) groups is 2. The highest BCUT2D eigenvalue weighted by molar-refractivity contribution is 6.46. The van der Waals surface area contributed by atoms with Crippen LogP contribution in [0.5, 0.6) is 5.75 Å². The van der Waals surface area contributed by atoms with Crippen LogP contribution in [0.1, 0.15) is 68.5 Å². The first kappa shape index (κ1) is 27.5. The highest BCUT2D eigenvalue weighted by Crippen LogP contribution is 2.42. The molecule has 1 saturated heterocycles. The van der Waals surface area contributed by atoms with Crippen molar-refractivity contribution in [2.45, 2.75) is 59.9 Å². The standard InChI is InChI=1S/C30H40N2O4/c1-9-31(10-2)15-16-32-25(21-11-13-22(14-12-21)30(5,6)7)24(27(34)29(32)35)26(33)23-18-19(3)17-20(4)28(23)36-8/h11-14,17-18,25,33H,9-10,15-16H2,1-8H3/b26-24+. The van der Waals surface area contributed by atoms with Gasteiger partial charge in [0.05, 0.1) is 24.3 Å². The fraction of sp³-hybridized carbons (Fsp3) is 0.467. The zero-order chi connectivity index (χ0) is 26.8. The third kappa shape index (κ3) is 5.34. The quantitative estimate of drug-likeness (QED) is 0.305. The smallest absolute Gasteiger partial charge is 0.295 e. The summed E-state index contributed by atoms with van der Waals surface area (Å²) in [7, 11) is 1.54. The number of aryl methyl sites for hydroxylation is 2. The molecule has 1 unspecified atom stereocenters. The summed E-state index contributed by atoms with van der Waals surface area (Å²) in [5.41, 5.74) is 4.22. The van der Waals surface area contributed by atoms with Crippen molar-refractivity contribution in [1.82, 2.24) is 9.80 Å². The topological polar surface area (TPSA) is 70.1 Å². The molecule has 1 aliphatic rings. The maximum atomic E-state index is 13.4. The van der Waals surface area contributed by atoms with Gasteiger partial charge in [-0.05, 0) is 60.7 Å². The van der Waals surface area contributed by atoms with E-state index in [4.69, 9.17) is 4.74 Å². The maximum Gasteiger partial charge on any atom is 0.295 e. The number of Topliss-reactive ketones (excluding diaryl/α,β-unsaturated/α-hetero) is 1. The van der Waals surface area contributed by atoms with Gasteiger partial charge in [-0.15, -0.1) is 0 Å². The number of ketones is 1. The van der Waals surface area contributed by atoms with Gasteiger partial charge in [-0.25, -0.2) is 0 Å². The molecule has 194 valence electrons. The summed E-state index contributed by atoms with van der Waals surface area (Å²) >= 11 is 0. The van der Waals surface area contributed by atoms with Gasteiger partial charge in [-0.3, -0.25) is 9.59 Å². The Balaban J connectivity index is 2.20. The fourth-order valence-corrected chi connectivity index (χ4v) is 4.96. The number of likely N-dealkylation sites (N-methyl/N-ethyl adjacent to an activating group) is 1. The van der Waals surface area contributed by atoms with Crippen LogP contribution in [0.15, 0.2) is 42.0 Å². The van der Waals surface area contributed by atoms with E-state index in [-0.39, 0.29) is 16.7 Å². The fourth-order valence-electron chi connectivity index (χ4n) is 4.96. The van der Waals surface area contributed by atoms with Gasteiger partial charge in [0, 0.05) is 13.1 Å². The summed E-state index contributed by atoms with van der Waals surface area (Å²) in [4.78, 5) is 30.6. The van der Waals surface area contributed by atoms with Crippen LogP contribution in [0.2, 0.25) is 0 Å². The summed E-state index contributed by atoms with van der Waals surface area (Å²) < 4.78 is 5.59. The van der Waals surface area contributed by atoms with Gasteiger partial charge < -0.3 is 19.6 Å². The van der Waals surface area contributed by atoms with Gasteiger partial charge >= 0.3 is 0 Å². The van der Waals surface area contributed by atoms with Crippen LogP contribution in [0.4, 0.5) is 0 Å². The Morgan fingerprint density at radius 3 is 2.19 bits per heavy atom. The van der Waals surface area contributed by atoms with Crippen LogP contribution >= 0.6 is 0 Å². The summed E-state index contributed by atoms with van der Waals surface area (Å²) in [6, 6.07) is 11.1. The Hall–Kier alpha value is -3.12. The van der Waals surface area contributed by atoms with Crippen molar-refractivity contribution < 1.29 is 19.4 Å². The Bertz CT molecular complexity index is 1150. The van der Waals surface area contributed by atoms with Crippen molar-refractivity contribution >= 4 is 17.4 Å². The van der Waals surface area contributed by atoms with E-state index in [1.807, 2.05) is 44.2 Å². The number of carbonyl (C=O) groups excluding carboxylic acids is 2. The molecular formula is C30H40N2O4. The molecule has 0 saturated carbocycles.